The fourth-order valence-electron chi connectivity index (χ4n) is 4.46. The molecule has 4 aromatic rings. The molecule has 0 fully saturated rings. The van der Waals surface area contributed by atoms with E-state index in [9.17, 15) is 9.59 Å². The van der Waals surface area contributed by atoms with Crippen LogP contribution in [0.5, 0.6) is 0 Å². The summed E-state index contributed by atoms with van der Waals surface area (Å²) in [5.74, 6) is -0.847. The minimum Gasteiger partial charge on any atom is -0.467 e. The minimum atomic E-state index is -1.19. The van der Waals surface area contributed by atoms with Crippen LogP contribution in [0.1, 0.15) is 22.3 Å². The molecule has 0 unspecified atom stereocenters. The molecule has 4 aromatic carbocycles. The third kappa shape index (κ3) is 5.13. The molecular formula is C30H26ClNO3. The second-order valence-electron chi connectivity index (χ2n) is 8.23. The Hall–Kier alpha value is -3.89. The van der Waals surface area contributed by atoms with Gasteiger partial charge < -0.3 is 10.1 Å². The number of carbonyl (C=O) groups excluding carboxylic acids is 2. The van der Waals surface area contributed by atoms with E-state index in [0.717, 1.165) is 22.3 Å². The second kappa shape index (κ2) is 11.0. The van der Waals surface area contributed by atoms with Gasteiger partial charge in [-0.2, -0.15) is 0 Å². The number of hydrogen-bond donors (Lipinski definition) is 1. The van der Waals surface area contributed by atoms with Crippen LogP contribution in [0.15, 0.2) is 115 Å². The van der Waals surface area contributed by atoms with Crippen molar-refractivity contribution in [2.24, 2.45) is 0 Å². The molecule has 5 heteroatoms. The van der Waals surface area contributed by atoms with Crippen molar-refractivity contribution in [3.05, 3.63) is 143 Å². The SMILES string of the molecule is COC(=O)[C@H](Cc1cccc(Cl)c1)NC(=O)C(c1ccccc1)(c1ccccc1)c1ccccc1. The van der Waals surface area contributed by atoms with Crippen LogP contribution < -0.4 is 5.32 Å². The third-order valence-corrected chi connectivity index (χ3v) is 6.32. The number of amides is 1. The topological polar surface area (TPSA) is 55.4 Å². The zero-order valence-electron chi connectivity index (χ0n) is 19.4. The molecule has 1 amide bonds. The Morgan fingerprint density at radius 2 is 1.26 bits per heavy atom. The number of benzene rings is 4. The molecule has 0 spiro atoms. The molecule has 1 atom stereocenters. The Bertz CT molecular complexity index is 1180. The summed E-state index contributed by atoms with van der Waals surface area (Å²) in [7, 11) is 1.32. The Morgan fingerprint density at radius 1 is 0.771 bits per heavy atom. The van der Waals surface area contributed by atoms with Crippen LogP contribution in [-0.2, 0) is 26.2 Å². The lowest BCUT2D eigenvalue weighted by Gasteiger charge is -2.35. The zero-order chi connectivity index (χ0) is 24.7. The monoisotopic (exact) mass is 483 g/mol. The lowest BCUT2D eigenvalue weighted by atomic mass is 9.68. The average molecular weight is 484 g/mol. The lowest BCUT2D eigenvalue weighted by molar-refractivity contribution is -0.145. The van der Waals surface area contributed by atoms with Crippen LogP contribution in [0, 0.1) is 0 Å². The number of halogens is 1. The number of rotatable bonds is 8. The summed E-state index contributed by atoms with van der Waals surface area (Å²) >= 11 is 6.16. The fourth-order valence-corrected chi connectivity index (χ4v) is 4.67. The molecule has 0 aliphatic carbocycles. The standard InChI is InChI=1S/C30H26ClNO3/c1-35-28(33)27(21-22-12-11-19-26(31)20-22)32-29(34)30(23-13-5-2-6-14-23,24-15-7-3-8-16-24)25-17-9-4-10-18-25/h2-20,27H,21H2,1H3,(H,32,34)/t27-/m0/s1. The van der Waals surface area contributed by atoms with E-state index in [1.54, 1.807) is 12.1 Å². The van der Waals surface area contributed by atoms with E-state index in [1.165, 1.54) is 7.11 Å². The minimum absolute atomic E-state index is 0.243. The van der Waals surface area contributed by atoms with E-state index in [1.807, 2.05) is 103 Å². The number of nitrogens with one attached hydrogen (secondary N) is 1. The predicted octanol–water partition coefficient (Wildman–Crippen LogP) is 5.57. The molecule has 4 nitrogen and oxygen atoms in total. The molecule has 1 N–H and O–H groups in total. The fraction of sp³-hybridized carbons (Fsp3) is 0.133. The quantitative estimate of drug-likeness (QED) is 0.263. The predicted molar refractivity (Wildman–Crippen MR) is 138 cm³/mol. The molecule has 0 aliphatic heterocycles. The number of carbonyl (C=O) groups is 2. The van der Waals surface area contributed by atoms with Gasteiger partial charge in [-0.1, -0.05) is 115 Å². The first-order valence-electron chi connectivity index (χ1n) is 11.4. The first-order chi connectivity index (χ1) is 17.1. The zero-order valence-corrected chi connectivity index (χ0v) is 20.1. The van der Waals surface area contributed by atoms with Gasteiger partial charge in [-0.25, -0.2) is 4.79 Å². The van der Waals surface area contributed by atoms with E-state index in [4.69, 9.17) is 16.3 Å². The van der Waals surface area contributed by atoms with Gasteiger partial charge in [-0.15, -0.1) is 0 Å². The molecular weight excluding hydrogens is 458 g/mol. The van der Waals surface area contributed by atoms with Crippen LogP contribution in [0.4, 0.5) is 0 Å². The van der Waals surface area contributed by atoms with E-state index in [0.29, 0.717) is 5.02 Å². The van der Waals surface area contributed by atoms with Crippen molar-refractivity contribution in [3.63, 3.8) is 0 Å². The summed E-state index contributed by atoms with van der Waals surface area (Å²) in [6.45, 7) is 0. The molecule has 0 aliphatic rings. The molecule has 0 saturated carbocycles. The van der Waals surface area contributed by atoms with Crippen molar-refractivity contribution in [3.8, 4) is 0 Å². The Morgan fingerprint density at radius 3 is 1.69 bits per heavy atom. The van der Waals surface area contributed by atoms with Crippen LogP contribution in [0.3, 0.4) is 0 Å². The first kappa shape index (κ1) is 24.2. The number of methoxy groups -OCH3 is 1. The highest BCUT2D eigenvalue weighted by molar-refractivity contribution is 6.30. The molecule has 0 heterocycles. The van der Waals surface area contributed by atoms with Crippen molar-refractivity contribution < 1.29 is 14.3 Å². The van der Waals surface area contributed by atoms with Crippen molar-refractivity contribution >= 4 is 23.5 Å². The highest BCUT2D eigenvalue weighted by atomic mass is 35.5. The van der Waals surface area contributed by atoms with Gasteiger partial charge in [0.1, 0.15) is 11.5 Å². The smallest absolute Gasteiger partial charge is 0.328 e. The molecule has 176 valence electrons. The van der Waals surface area contributed by atoms with Gasteiger partial charge in [-0.05, 0) is 34.4 Å². The van der Waals surface area contributed by atoms with Crippen molar-refractivity contribution in [1.82, 2.24) is 5.32 Å². The maximum atomic E-state index is 14.4. The summed E-state index contributed by atoms with van der Waals surface area (Å²) in [6, 6.07) is 35.1. The van der Waals surface area contributed by atoms with Crippen LogP contribution >= 0.6 is 11.6 Å². The molecule has 0 aromatic heterocycles. The molecule has 0 saturated heterocycles. The van der Waals surface area contributed by atoms with Crippen LogP contribution in [0.2, 0.25) is 5.02 Å². The third-order valence-electron chi connectivity index (χ3n) is 6.08. The molecule has 4 rings (SSSR count). The second-order valence-corrected chi connectivity index (χ2v) is 8.67. The lowest BCUT2D eigenvalue weighted by Crippen LogP contribution is -2.52. The number of ether oxygens (including phenoxy) is 1. The van der Waals surface area contributed by atoms with E-state index >= 15 is 0 Å². The van der Waals surface area contributed by atoms with Crippen LogP contribution in [0.25, 0.3) is 0 Å². The largest absolute Gasteiger partial charge is 0.467 e. The van der Waals surface area contributed by atoms with Gasteiger partial charge in [0.05, 0.1) is 7.11 Å². The van der Waals surface area contributed by atoms with Gasteiger partial charge in [0, 0.05) is 11.4 Å². The van der Waals surface area contributed by atoms with Gasteiger partial charge in [-0.3, -0.25) is 4.79 Å². The van der Waals surface area contributed by atoms with Gasteiger partial charge in [0.15, 0.2) is 0 Å². The van der Waals surface area contributed by atoms with Gasteiger partial charge in [0.2, 0.25) is 5.91 Å². The Kier molecular flexibility index (Phi) is 7.64. The van der Waals surface area contributed by atoms with Gasteiger partial charge in [0.25, 0.3) is 0 Å². The summed E-state index contributed by atoms with van der Waals surface area (Å²) in [6.07, 6.45) is 0.243. The van der Waals surface area contributed by atoms with E-state index < -0.39 is 17.4 Å². The van der Waals surface area contributed by atoms with Crippen molar-refractivity contribution in [2.45, 2.75) is 17.9 Å². The van der Waals surface area contributed by atoms with E-state index in [-0.39, 0.29) is 12.3 Å². The summed E-state index contributed by atoms with van der Waals surface area (Å²) in [5.41, 5.74) is 2.01. The maximum absolute atomic E-state index is 14.4. The summed E-state index contributed by atoms with van der Waals surface area (Å²) in [4.78, 5) is 27.2. The Balaban J connectivity index is 1.85. The van der Waals surface area contributed by atoms with E-state index in [2.05, 4.69) is 5.32 Å². The Labute approximate surface area is 210 Å². The highest BCUT2D eigenvalue weighted by Gasteiger charge is 2.45. The first-order valence-corrected chi connectivity index (χ1v) is 11.7. The number of esters is 1. The normalized spacial score (nSPS) is 11.9. The highest BCUT2D eigenvalue weighted by Crippen LogP contribution is 2.39. The average Bonchev–Trinajstić information content (AvgIpc) is 2.90. The van der Waals surface area contributed by atoms with Crippen molar-refractivity contribution in [2.75, 3.05) is 7.11 Å². The van der Waals surface area contributed by atoms with Gasteiger partial charge >= 0.3 is 5.97 Å². The number of hydrogen-bond acceptors (Lipinski definition) is 3. The summed E-state index contributed by atoms with van der Waals surface area (Å²) < 4.78 is 5.06. The van der Waals surface area contributed by atoms with Crippen LogP contribution in [-0.4, -0.2) is 25.0 Å². The maximum Gasteiger partial charge on any atom is 0.328 e. The van der Waals surface area contributed by atoms with Crippen molar-refractivity contribution in [1.29, 1.82) is 0 Å². The summed E-state index contributed by atoms with van der Waals surface area (Å²) in [5, 5.41) is 3.58. The molecule has 0 bridgehead atoms. The molecule has 0 radical (unpaired) electrons. The molecule has 35 heavy (non-hydrogen) atoms.